The molecule has 3 heterocycles. The van der Waals surface area contributed by atoms with E-state index in [0.717, 1.165) is 51.5 Å². The second kappa shape index (κ2) is 13.2. The molecule has 3 aliphatic rings. The molecule has 0 aromatic heterocycles. The number of carbonyl (C=O) groups is 2. The van der Waals surface area contributed by atoms with Crippen LogP contribution >= 0.6 is 0 Å². The van der Waals surface area contributed by atoms with Crippen molar-refractivity contribution in [1.29, 1.82) is 0 Å². The zero-order valence-electron chi connectivity index (χ0n) is 33.3. The molecule has 6 heteroatoms. The molecule has 0 unspecified atom stereocenters. The van der Waals surface area contributed by atoms with Gasteiger partial charge in [-0.25, -0.2) is 4.79 Å². The van der Waals surface area contributed by atoms with Crippen molar-refractivity contribution in [2.75, 3.05) is 16.9 Å². The minimum absolute atomic E-state index is 0.112. The number of methoxy groups -OCH3 is 1. The highest BCUT2D eigenvalue weighted by Gasteiger charge is 2.41. The number of carbonyl (C=O) groups excluding carboxylic acids is 2. The number of aryl methyl sites for hydroxylation is 2. The summed E-state index contributed by atoms with van der Waals surface area (Å²) in [5.74, 6) is -0.223. The molecule has 0 amide bonds. The number of ether oxygens (including phenoxy) is 2. The summed E-state index contributed by atoms with van der Waals surface area (Å²) in [5.41, 5.74) is 14.2. The average molecular weight is 749 g/mol. The zero-order chi connectivity index (χ0) is 39.8. The predicted molar refractivity (Wildman–Crippen MR) is 229 cm³/mol. The summed E-state index contributed by atoms with van der Waals surface area (Å²) in [6.45, 7) is 13.0. The van der Waals surface area contributed by atoms with Gasteiger partial charge in [0, 0.05) is 22.2 Å². The van der Waals surface area contributed by atoms with Crippen LogP contribution in [0.25, 0.3) is 11.1 Å². The summed E-state index contributed by atoms with van der Waals surface area (Å²) < 4.78 is 12.0. The SMILES string of the molecule is COC1=C(c2ccc3c(c2)C(C)(C)c2ccccc2N3c2ccc(C)cc2)C(=O)O/C1=C(/C=O)c1ccc2c(c1)C(C)(C)c1ccccc1N2c1ccc(C)cc1. The Labute approximate surface area is 334 Å². The van der Waals surface area contributed by atoms with Gasteiger partial charge in [-0.15, -0.1) is 0 Å². The van der Waals surface area contributed by atoms with Gasteiger partial charge in [-0.2, -0.15) is 0 Å². The summed E-state index contributed by atoms with van der Waals surface area (Å²) in [4.78, 5) is 31.8. The van der Waals surface area contributed by atoms with E-state index in [2.05, 4.69) is 173 Å². The lowest BCUT2D eigenvalue weighted by Gasteiger charge is -2.42. The van der Waals surface area contributed by atoms with E-state index < -0.39 is 16.8 Å². The maximum Gasteiger partial charge on any atom is 0.348 e. The quantitative estimate of drug-likeness (QED) is 0.0960. The lowest BCUT2D eigenvalue weighted by molar-refractivity contribution is -0.131. The summed E-state index contributed by atoms with van der Waals surface area (Å²) in [6.07, 6.45) is 0.764. The lowest BCUT2D eigenvalue weighted by atomic mass is 9.72. The Morgan fingerprint density at radius 3 is 1.58 bits per heavy atom. The van der Waals surface area contributed by atoms with Crippen molar-refractivity contribution in [2.45, 2.75) is 52.4 Å². The van der Waals surface area contributed by atoms with Crippen LogP contribution < -0.4 is 9.80 Å². The van der Waals surface area contributed by atoms with E-state index in [4.69, 9.17) is 9.47 Å². The Kier molecular flexibility index (Phi) is 8.36. The van der Waals surface area contributed by atoms with Crippen LogP contribution in [0.4, 0.5) is 34.1 Å². The predicted octanol–water partition coefficient (Wildman–Crippen LogP) is 12.0. The van der Waals surface area contributed by atoms with E-state index in [1.807, 2.05) is 12.1 Å². The average Bonchev–Trinajstić information content (AvgIpc) is 3.55. The topological polar surface area (TPSA) is 59.1 Å². The Hall–Kier alpha value is -6.66. The number of hydrogen-bond donors (Lipinski definition) is 0. The molecule has 0 radical (unpaired) electrons. The fraction of sp³-hybridized carbons (Fsp3) is 0.176. The molecule has 6 aromatic carbocycles. The van der Waals surface area contributed by atoms with E-state index >= 15 is 0 Å². The number of anilines is 6. The normalized spacial score (nSPS) is 16.9. The first-order chi connectivity index (χ1) is 27.4. The van der Waals surface area contributed by atoms with Gasteiger partial charge in [0.25, 0.3) is 0 Å². The first kappa shape index (κ1) is 36.0. The molecule has 0 aliphatic carbocycles. The van der Waals surface area contributed by atoms with Crippen molar-refractivity contribution in [3.63, 3.8) is 0 Å². The van der Waals surface area contributed by atoms with Crippen LogP contribution in [0, 0.1) is 13.8 Å². The highest BCUT2D eigenvalue weighted by molar-refractivity contribution is 6.23. The Morgan fingerprint density at radius 1 is 0.596 bits per heavy atom. The molecule has 6 aromatic rings. The minimum atomic E-state index is -0.566. The fourth-order valence-electron chi connectivity index (χ4n) is 8.94. The molecular weight excluding hydrogens is 705 g/mol. The number of para-hydroxylation sites is 2. The lowest BCUT2D eigenvalue weighted by Crippen LogP contribution is -2.30. The fourth-order valence-corrected chi connectivity index (χ4v) is 8.94. The molecule has 9 rings (SSSR count). The number of allylic oxidation sites excluding steroid dienone is 1. The van der Waals surface area contributed by atoms with E-state index in [1.54, 1.807) is 0 Å². The summed E-state index contributed by atoms with van der Waals surface area (Å²) in [5, 5.41) is 0. The maximum atomic E-state index is 14.0. The maximum absolute atomic E-state index is 14.0. The van der Waals surface area contributed by atoms with E-state index in [9.17, 15) is 9.59 Å². The number of benzene rings is 6. The molecule has 0 bridgehead atoms. The number of fused-ring (bicyclic) bond motifs is 4. The van der Waals surface area contributed by atoms with Gasteiger partial charge < -0.3 is 19.3 Å². The number of nitrogens with zero attached hydrogens (tertiary/aromatic N) is 2. The van der Waals surface area contributed by atoms with Crippen molar-refractivity contribution in [3.8, 4) is 0 Å². The van der Waals surface area contributed by atoms with Crippen molar-refractivity contribution in [2.24, 2.45) is 0 Å². The van der Waals surface area contributed by atoms with E-state index in [0.29, 0.717) is 11.1 Å². The molecule has 0 saturated carbocycles. The molecule has 0 spiro atoms. The Balaban J connectivity index is 1.18. The first-order valence-electron chi connectivity index (χ1n) is 19.4. The third-order valence-corrected chi connectivity index (χ3v) is 12.0. The van der Waals surface area contributed by atoms with Gasteiger partial charge in [-0.05, 0) is 108 Å². The smallest absolute Gasteiger partial charge is 0.348 e. The van der Waals surface area contributed by atoms with Gasteiger partial charge in [-0.3, -0.25) is 4.79 Å². The molecule has 3 aliphatic heterocycles. The van der Waals surface area contributed by atoms with Gasteiger partial charge in [0.15, 0.2) is 17.8 Å². The minimum Gasteiger partial charge on any atom is -0.492 e. The molecule has 0 saturated heterocycles. The van der Waals surface area contributed by atoms with Crippen LogP contribution in [0.5, 0.6) is 0 Å². The standard InChI is InChI=1S/C51H44N2O4/c1-31-16-22-35(23-17-31)52-42-14-10-8-12-38(42)50(3,4)40-28-33(20-26-44(40)52)37(30-54)47-48(56-7)46(49(55)57-47)34-21-27-45-41(29-34)51(5,6)39-13-9-11-15-43(39)53(45)36-24-18-32(2)19-25-36/h8-30H,1-7H3/b47-37-. The molecule has 57 heavy (non-hydrogen) atoms. The second-order valence-corrected chi connectivity index (χ2v) is 16.2. The first-order valence-corrected chi connectivity index (χ1v) is 19.4. The zero-order valence-corrected chi connectivity index (χ0v) is 33.3. The number of hydrogen-bond acceptors (Lipinski definition) is 6. The van der Waals surface area contributed by atoms with Crippen LogP contribution in [0.15, 0.2) is 145 Å². The van der Waals surface area contributed by atoms with Crippen molar-refractivity contribution in [1.82, 2.24) is 0 Å². The Bertz CT molecular complexity index is 2700. The third kappa shape index (κ3) is 5.54. The highest BCUT2D eigenvalue weighted by atomic mass is 16.6. The van der Waals surface area contributed by atoms with Crippen molar-refractivity contribution in [3.05, 3.63) is 189 Å². The number of rotatable bonds is 6. The molecule has 0 N–H and O–H groups in total. The van der Waals surface area contributed by atoms with Crippen LogP contribution in [0.1, 0.15) is 72.2 Å². The summed E-state index contributed by atoms with van der Waals surface area (Å²) in [7, 11) is 1.52. The number of aldehydes is 1. The summed E-state index contributed by atoms with van der Waals surface area (Å²) in [6, 6.07) is 46.1. The van der Waals surface area contributed by atoms with Crippen molar-refractivity contribution < 1.29 is 19.1 Å². The van der Waals surface area contributed by atoms with Crippen LogP contribution in [-0.4, -0.2) is 19.4 Å². The molecule has 0 atom stereocenters. The van der Waals surface area contributed by atoms with Gasteiger partial charge in [0.05, 0.1) is 35.4 Å². The van der Waals surface area contributed by atoms with Gasteiger partial charge in [-0.1, -0.05) is 112 Å². The van der Waals surface area contributed by atoms with Gasteiger partial charge in [0.2, 0.25) is 0 Å². The van der Waals surface area contributed by atoms with E-state index in [1.165, 1.54) is 29.4 Å². The van der Waals surface area contributed by atoms with Gasteiger partial charge >= 0.3 is 5.97 Å². The molecule has 6 nitrogen and oxygen atoms in total. The molecular formula is C51H44N2O4. The van der Waals surface area contributed by atoms with Crippen LogP contribution in [0.2, 0.25) is 0 Å². The second-order valence-electron chi connectivity index (χ2n) is 16.2. The van der Waals surface area contributed by atoms with Crippen LogP contribution in [-0.2, 0) is 29.9 Å². The highest BCUT2D eigenvalue weighted by Crippen LogP contribution is 2.54. The number of cyclic esters (lactones) is 1. The molecule has 282 valence electrons. The third-order valence-electron chi connectivity index (χ3n) is 12.0. The molecule has 0 fully saturated rings. The number of esters is 1. The van der Waals surface area contributed by atoms with E-state index in [-0.39, 0.29) is 22.7 Å². The largest absolute Gasteiger partial charge is 0.492 e. The van der Waals surface area contributed by atoms with Gasteiger partial charge in [0.1, 0.15) is 5.57 Å². The monoisotopic (exact) mass is 748 g/mol. The Morgan fingerprint density at radius 2 is 1.07 bits per heavy atom. The van der Waals surface area contributed by atoms with Crippen LogP contribution in [0.3, 0.4) is 0 Å². The van der Waals surface area contributed by atoms with Crippen molar-refractivity contribution >= 4 is 57.5 Å². The summed E-state index contributed by atoms with van der Waals surface area (Å²) >= 11 is 0.